The van der Waals surface area contributed by atoms with E-state index >= 15 is 0 Å². The number of hydrogen-bond acceptors (Lipinski definition) is 4. The zero-order valence-electron chi connectivity index (χ0n) is 16.9. The summed E-state index contributed by atoms with van der Waals surface area (Å²) in [5, 5.41) is 5.66. The molecule has 0 bridgehead atoms. The summed E-state index contributed by atoms with van der Waals surface area (Å²) in [6.07, 6.45) is 3.10. The van der Waals surface area contributed by atoms with Crippen LogP contribution in [0.25, 0.3) is 11.0 Å². The molecule has 29 heavy (non-hydrogen) atoms. The number of amides is 4. The van der Waals surface area contributed by atoms with Gasteiger partial charge >= 0.3 is 6.03 Å². The number of urea groups is 1. The van der Waals surface area contributed by atoms with Gasteiger partial charge in [0, 0.05) is 13.1 Å². The van der Waals surface area contributed by atoms with E-state index < -0.39 is 11.6 Å². The highest BCUT2D eigenvalue weighted by atomic mass is 16.2. The number of aryl methyl sites for hydroxylation is 1. The molecule has 1 aromatic carbocycles. The third kappa shape index (κ3) is 3.59. The molecule has 0 radical (unpaired) electrons. The second-order valence-electron chi connectivity index (χ2n) is 8.24. The number of imide groups is 1. The van der Waals surface area contributed by atoms with Gasteiger partial charge in [-0.1, -0.05) is 19.1 Å². The lowest BCUT2D eigenvalue weighted by Gasteiger charge is -2.33. The van der Waals surface area contributed by atoms with E-state index in [1.54, 1.807) is 0 Å². The van der Waals surface area contributed by atoms with Gasteiger partial charge in [-0.2, -0.15) is 0 Å². The van der Waals surface area contributed by atoms with Crippen molar-refractivity contribution in [1.29, 1.82) is 0 Å². The summed E-state index contributed by atoms with van der Waals surface area (Å²) in [6.45, 7) is 4.81. The fourth-order valence-electron chi connectivity index (χ4n) is 4.40. The molecule has 1 spiro atoms. The van der Waals surface area contributed by atoms with Crippen LogP contribution in [0.4, 0.5) is 4.79 Å². The van der Waals surface area contributed by atoms with Crippen molar-refractivity contribution in [2.24, 2.45) is 5.92 Å². The first-order valence-electron chi connectivity index (χ1n) is 10.2. The van der Waals surface area contributed by atoms with Crippen molar-refractivity contribution in [1.82, 2.24) is 25.1 Å². The molecule has 1 aromatic heterocycles. The number of carbonyl (C=O) groups excluding carboxylic acids is 3. The maximum absolute atomic E-state index is 12.8. The topological polar surface area (TPSA) is 96.3 Å². The third-order valence-corrected chi connectivity index (χ3v) is 6.18. The number of benzene rings is 1. The molecular weight excluding hydrogens is 370 g/mol. The van der Waals surface area contributed by atoms with Gasteiger partial charge < -0.3 is 15.2 Å². The van der Waals surface area contributed by atoms with Crippen LogP contribution in [-0.4, -0.2) is 50.9 Å². The largest absolute Gasteiger partial charge is 0.353 e. The van der Waals surface area contributed by atoms with Crippen LogP contribution in [0.1, 0.15) is 38.4 Å². The van der Waals surface area contributed by atoms with Crippen LogP contribution in [0.3, 0.4) is 0 Å². The van der Waals surface area contributed by atoms with E-state index in [0.717, 1.165) is 34.6 Å². The molecule has 1 aliphatic carbocycles. The Morgan fingerprint density at radius 1 is 1.28 bits per heavy atom. The second kappa shape index (κ2) is 7.50. The van der Waals surface area contributed by atoms with E-state index in [1.165, 1.54) is 0 Å². The quantitative estimate of drug-likeness (QED) is 0.754. The fraction of sp³-hybridized carbons (Fsp3) is 0.524. The predicted octanol–water partition coefficient (Wildman–Crippen LogP) is 1.96. The van der Waals surface area contributed by atoms with Gasteiger partial charge in [-0.25, -0.2) is 9.78 Å². The Bertz CT molecular complexity index is 958. The highest BCUT2D eigenvalue weighted by Crippen LogP contribution is 2.36. The van der Waals surface area contributed by atoms with Gasteiger partial charge in [0.15, 0.2) is 0 Å². The lowest BCUT2D eigenvalue weighted by atomic mass is 9.77. The van der Waals surface area contributed by atoms with Crippen molar-refractivity contribution in [2.45, 2.75) is 51.6 Å². The molecular formula is C21H27N5O3. The van der Waals surface area contributed by atoms with Crippen LogP contribution in [0.5, 0.6) is 0 Å². The van der Waals surface area contributed by atoms with Crippen LogP contribution in [0.15, 0.2) is 24.3 Å². The summed E-state index contributed by atoms with van der Waals surface area (Å²) in [7, 11) is 0. The SMILES string of the molecule is Cc1nc2ccccc2n1CCNC(=O)CN1C(=O)NC2(CCC(C)CC2)C1=O. The number of hydrogen-bond donors (Lipinski definition) is 2. The average molecular weight is 397 g/mol. The van der Waals surface area contributed by atoms with Crippen LogP contribution in [0.2, 0.25) is 0 Å². The zero-order valence-corrected chi connectivity index (χ0v) is 16.9. The molecule has 1 saturated carbocycles. The summed E-state index contributed by atoms with van der Waals surface area (Å²) >= 11 is 0. The van der Waals surface area contributed by atoms with E-state index in [2.05, 4.69) is 22.5 Å². The summed E-state index contributed by atoms with van der Waals surface area (Å²) in [6, 6.07) is 7.39. The number of fused-ring (bicyclic) bond motifs is 1. The Kier molecular flexibility index (Phi) is 5.02. The normalized spacial score (nSPS) is 24.3. The fourth-order valence-corrected chi connectivity index (χ4v) is 4.40. The Balaban J connectivity index is 1.33. The minimum absolute atomic E-state index is 0.244. The van der Waals surface area contributed by atoms with Crippen molar-refractivity contribution in [2.75, 3.05) is 13.1 Å². The first-order chi connectivity index (χ1) is 13.9. The summed E-state index contributed by atoms with van der Waals surface area (Å²) in [5.41, 5.74) is 1.13. The minimum Gasteiger partial charge on any atom is -0.353 e. The van der Waals surface area contributed by atoms with Crippen molar-refractivity contribution >= 4 is 28.9 Å². The van der Waals surface area contributed by atoms with Gasteiger partial charge in [-0.15, -0.1) is 0 Å². The van der Waals surface area contributed by atoms with Crippen molar-refractivity contribution < 1.29 is 14.4 Å². The number of rotatable bonds is 5. The van der Waals surface area contributed by atoms with Gasteiger partial charge in [-0.3, -0.25) is 14.5 Å². The monoisotopic (exact) mass is 397 g/mol. The molecule has 8 heteroatoms. The molecule has 2 fully saturated rings. The molecule has 2 aliphatic rings. The standard InChI is InChI=1S/C21H27N5O3/c1-14-7-9-21(10-8-14)19(28)26(20(29)24-21)13-18(27)22-11-12-25-15(2)23-16-5-3-4-6-17(16)25/h3-6,14H,7-13H2,1-2H3,(H,22,27)(H,24,29). The maximum Gasteiger partial charge on any atom is 0.325 e. The Labute approximate surface area is 169 Å². The molecule has 1 saturated heterocycles. The smallest absolute Gasteiger partial charge is 0.325 e. The van der Waals surface area contributed by atoms with Crippen molar-refractivity contribution in [3.8, 4) is 0 Å². The Morgan fingerprint density at radius 2 is 2.00 bits per heavy atom. The van der Waals surface area contributed by atoms with E-state index in [9.17, 15) is 14.4 Å². The van der Waals surface area contributed by atoms with E-state index in [1.807, 2.05) is 35.8 Å². The summed E-state index contributed by atoms with van der Waals surface area (Å²) in [5.74, 6) is 0.839. The maximum atomic E-state index is 12.8. The van der Waals surface area contributed by atoms with Gasteiger partial charge in [0.25, 0.3) is 5.91 Å². The van der Waals surface area contributed by atoms with Crippen molar-refractivity contribution in [3.05, 3.63) is 30.1 Å². The van der Waals surface area contributed by atoms with Crippen LogP contribution in [-0.2, 0) is 16.1 Å². The molecule has 8 nitrogen and oxygen atoms in total. The molecule has 4 amide bonds. The van der Waals surface area contributed by atoms with Gasteiger partial charge in [0.05, 0.1) is 11.0 Å². The molecule has 0 atom stereocenters. The number of aromatic nitrogens is 2. The Morgan fingerprint density at radius 3 is 2.76 bits per heavy atom. The molecule has 2 heterocycles. The first kappa shape index (κ1) is 19.4. The molecule has 2 N–H and O–H groups in total. The van der Waals surface area contributed by atoms with Crippen LogP contribution in [0, 0.1) is 12.8 Å². The lowest BCUT2D eigenvalue weighted by Crippen LogP contribution is -2.50. The lowest BCUT2D eigenvalue weighted by molar-refractivity contribution is -0.136. The third-order valence-electron chi connectivity index (χ3n) is 6.18. The summed E-state index contributed by atoms with van der Waals surface area (Å²) < 4.78 is 2.04. The number of carbonyl (C=O) groups is 3. The first-order valence-corrected chi connectivity index (χ1v) is 10.2. The summed E-state index contributed by atoms with van der Waals surface area (Å²) in [4.78, 5) is 43.1. The molecule has 0 unspecified atom stereocenters. The average Bonchev–Trinajstić information content (AvgIpc) is 3.13. The molecule has 4 rings (SSSR count). The molecule has 1 aliphatic heterocycles. The van der Waals surface area contributed by atoms with Gasteiger partial charge in [-0.05, 0) is 50.7 Å². The second-order valence-corrected chi connectivity index (χ2v) is 8.24. The predicted molar refractivity (Wildman–Crippen MR) is 108 cm³/mol. The number of para-hydroxylation sites is 2. The van der Waals surface area contributed by atoms with E-state index in [4.69, 9.17) is 0 Å². The zero-order chi connectivity index (χ0) is 20.6. The van der Waals surface area contributed by atoms with E-state index in [0.29, 0.717) is 31.8 Å². The highest BCUT2D eigenvalue weighted by molar-refractivity contribution is 6.09. The minimum atomic E-state index is -0.809. The highest BCUT2D eigenvalue weighted by Gasteiger charge is 2.52. The van der Waals surface area contributed by atoms with Gasteiger partial charge in [0.1, 0.15) is 17.9 Å². The van der Waals surface area contributed by atoms with Crippen LogP contribution < -0.4 is 10.6 Å². The number of nitrogens with one attached hydrogen (secondary N) is 2. The Hall–Kier alpha value is -2.90. The van der Waals surface area contributed by atoms with Gasteiger partial charge in [0.2, 0.25) is 5.91 Å². The molecule has 2 aromatic rings. The number of nitrogens with zero attached hydrogens (tertiary/aromatic N) is 3. The van der Waals surface area contributed by atoms with E-state index in [-0.39, 0.29) is 18.4 Å². The molecule has 154 valence electrons. The van der Waals surface area contributed by atoms with Crippen LogP contribution >= 0.6 is 0 Å². The van der Waals surface area contributed by atoms with Crippen molar-refractivity contribution in [3.63, 3.8) is 0 Å². The number of imidazole rings is 1.